The van der Waals surface area contributed by atoms with E-state index in [-0.39, 0.29) is 0 Å². The molecule has 1 aromatic rings. The fourth-order valence-corrected chi connectivity index (χ4v) is 1.90. The molecular weight excluding hydrogens is 252 g/mol. The van der Waals surface area contributed by atoms with Crippen LogP contribution in [-0.2, 0) is 6.54 Å². The largest absolute Gasteiger partial charge is 0.492 e. The first-order valence-electron chi connectivity index (χ1n) is 7.05. The zero-order valence-corrected chi connectivity index (χ0v) is 12.5. The van der Waals surface area contributed by atoms with Crippen molar-refractivity contribution in [3.8, 4) is 5.75 Å². The summed E-state index contributed by atoms with van der Waals surface area (Å²) in [4.78, 5) is 6.48. The summed E-state index contributed by atoms with van der Waals surface area (Å²) >= 11 is 0. The predicted octanol–water partition coefficient (Wildman–Crippen LogP) is 1.06. The number of hydrogen-bond donors (Lipinski definition) is 2. The molecule has 5 heteroatoms. The normalized spacial score (nSPS) is 17.8. The number of nitrogens with one attached hydrogen (secondary N) is 2. The van der Waals surface area contributed by atoms with E-state index in [9.17, 15) is 0 Å². The molecule has 0 saturated carbocycles. The van der Waals surface area contributed by atoms with E-state index in [1.165, 1.54) is 5.56 Å². The van der Waals surface area contributed by atoms with Crippen molar-refractivity contribution in [3.05, 3.63) is 29.8 Å². The highest BCUT2D eigenvalue weighted by molar-refractivity contribution is 5.81. The molecule has 0 spiro atoms. The molecular formula is C15H24N4O. The van der Waals surface area contributed by atoms with Crippen molar-refractivity contribution in [1.82, 2.24) is 15.5 Å². The van der Waals surface area contributed by atoms with E-state index in [4.69, 9.17) is 4.74 Å². The topological polar surface area (TPSA) is 48.9 Å². The second-order valence-corrected chi connectivity index (χ2v) is 5.38. The predicted molar refractivity (Wildman–Crippen MR) is 82.2 cm³/mol. The first kappa shape index (κ1) is 14.7. The van der Waals surface area contributed by atoms with Crippen molar-refractivity contribution in [2.45, 2.75) is 19.5 Å². The van der Waals surface area contributed by atoms with Crippen molar-refractivity contribution < 1.29 is 4.74 Å². The fourth-order valence-electron chi connectivity index (χ4n) is 1.90. The van der Waals surface area contributed by atoms with Crippen molar-refractivity contribution >= 4 is 5.96 Å². The second kappa shape index (κ2) is 7.14. The molecule has 1 aromatic carbocycles. The highest BCUT2D eigenvalue weighted by Crippen LogP contribution is 2.12. The molecule has 110 valence electrons. The Morgan fingerprint density at radius 1 is 1.35 bits per heavy atom. The molecule has 1 unspecified atom stereocenters. The minimum Gasteiger partial charge on any atom is -0.492 e. The minimum absolute atomic E-state index is 0.435. The minimum atomic E-state index is 0.435. The third-order valence-corrected chi connectivity index (χ3v) is 3.10. The number of ether oxygens (including phenoxy) is 1. The summed E-state index contributed by atoms with van der Waals surface area (Å²) in [5.41, 5.74) is 1.22. The summed E-state index contributed by atoms with van der Waals surface area (Å²) in [6.45, 7) is 5.38. The average Bonchev–Trinajstić information content (AvgIpc) is 2.83. The van der Waals surface area contributed by atoms with Crippen LogP contribution in [0.2, 0.25) is 0 Å². The lowest BCUT2D eigenvalue weighted by atomic mass is 10.2. The summed E-state index contributed by atoms with van der Waals surface area (Å²) in [5, 5.41) is 6.58. The Bertz CT molecular complexity index is 442. The van der Waals surface area contributed by atoms with Gasteiger partial charge in [-0.05, 0) is 38.7 Å². The maximum Gasteiger partial charge on any atom is 0.191 e. The summed E-state index contributed by atoms with van der Waals surface area (Å²) in [6, 6.07) is 8.62. The Morgan fingerprint density at radius 3 is 2.70 bits per heavy atom. The first-order valence-corrected chi connectivity index (χ1v) is 7.05. The first-order chi connectivity index (χ1) is 9.63. The molecule has 20 heavy (non-hydrogen) atoms. The molecule has 1 aliphatic rings. The van der Waals surface area contributed by atoms with E-state index in [1.807, 2.05) is 26.2 Å². The number of likely N-dealkylation sites (N-methyl/N-ethyl adjacent to an activating group) is 1. The van der Waals surface area contributed by atoms with E-state index >= 15 is 0 Å². The molecule has 0 radical (unpaired) electrons. The van der Waals surface area contributed by atoms with E-state index in [0.29, 0.717) is 12.6 Å². The van der Waals surface area contributed by atoms with Gasteiger partial charge in [0, 0.05) is 19.1 Å². The highest BCUT2D eigenvalue weighted by Gasteiger charge is 2.11. The van der Waals surface area contributed by atoms with Crippen LogP contribution in [-0.4, -0.2) is 50.7 Å². The van der Waals surface area contributed by atoms with Crippen LogP contribution >= 0.6 is 0 Å². The van der Waals surface area contributed by atoms with Gasteiger partial charge in [0.2, 0.25) is 0 Å². The summed E-state index contributed by atoms with van der Waals surface area (Å²) in [7, 11) is 4.08. The third-order valence-electron chi connectivity index (χ3n) is 3.10. The number of nitrogens with zero attached hydrogens (tertiary/aromatic N) is 2. The molecule has 0 amide bonds. The molecule has 2 rings (SSSR count). The van der Waals surface area contributed by atoms with Crippen LogP contribution in [0.3, 0.4) is 0 Å². The monoisotopic (exact) mass is 276 g/mol. The van der Waals surface area contributed by atoms with Crippen molar-refractivity contribution in [2.75, 3.05) is 33.8 Å². The van der Waals surface area contributed by atoms with Crippen molar-refractivity contribution in [1.29, 1.82) is 0 Å². The summed E-state index contributed by atoms with van der Waals surface area (Å²) in [6.07, 6.45) is 0. The van der Waals surface area contributed by atoms with Gasteiger partial charge in [0.1, 0.15) is 12.4 Å². The second-order valence-electron chi connectivity index (χ2n) is 5.38. The maximum absolute atomic E-state index is 5.67. The Kier molecular flexibility index (Phi) is 5.24. The Hall–Kier alpha value is -1.75. The fraction of sp³-hybridized carbons (Fsp3) is 0.533. The van der Waals surface area contributed by atoms with Gasteiger partial charge in [0.25, 0.3) is 0 Å². The number of benzene rings is 1. The van der Waals surface area contributed by atoms with Crippen LogP contribution in [0.1, 0.15) is 12.5 Å². The lowest BCUT2D eigenvalue weighted by molar-refractivity contribution is 0.261. The van der Waals surface area contributed by atoms with Crippen LogP contribution in [0.25, 0.3) is 0 Å². The van der Waals surface area contributed by atoms with Crippen LogP contribution in [0.15, 0.2) is 29.3 Å². The van der Waals surface area contributed by atoms with Crippen LogP contribution in [0.4, 0.5) is 0 Å². The smallest absolute Gasteiger partial charge is 0.191 e. The van der Waals surface area contributed by atoms with Gasteiger partial charge in [-0.2, -0.15) is 0 Å². The molecule has 0 fully saturated rings. The molecule has 2 N–H and O–H groups in total. The van der Waals surface area contributed by atoms with Gasteiger partial charge in [0.05, 0.1) is 6.54 Å². The van der Waals surface area contributed by atoms with Crippen LogP contribution in [0.5, 0.6) is 5.75 Å². The van der Waals surface area contributed by atoms with Crippen molar-refractivity contribution in [3.63, 3.8) is 0 Å². The summed E-state index contributed by atoms with van der Waals surface area (Å²) < 4.78 is 5.67. The Balaban J connectivity index is 1.74. The van der Waals surface area contributed by atoms with Crippen LogP contribution in [0, 0.1) is 0 Å². The van der Waals surface area contributed by atoms with E-state index in [0.717, 1.165) is 31.3 Å². The molecule has 0 bridgehead atoms. The van der Waals surface area contributed by atoms with Gasteiger partial charge in [-0.25, -0.2) is 0 Å². The SMILES string of the molecule is CC1CN=C(NCc2ccc(OCCN(C)C)cc2)N1. The van der Waals surface area contributed by atoms with Gasteiger partial charge >= 0.3 is 0 Å². The lowest BCUT2D eigenvalue weighted by Gasteiger charge is -2.12. The van der Waals surface area contributed by atoms with Gasteiger partial charge < -0.3 is 20.3 Å². The molecule has 1 heterocycles. The lowest BCUT2D eigenvalue weighted by Crippen LogP contribution is -2.37. The number of aliphatic imine (C=N–C) groups is 1. The highest BCUT2D eigenvalue weighted by atomic mass is 16.5. The van der Waals surface area contributed by atoms with Gasteiger partial charge in [-0.1, -0.05) is 12.1 Å². The Morgan fingerprint density at radius 2 is 2.10 bits per heavy atom. The van der Waals surface area contributed by atoms with Crippen molar-refractivity contribution in [2.24, 2.45) is 4.99 Å². The Labute approximate surface area is 121 Å². The summed E-state index contributed by atoms with van der Waals surface area (Å²) in [5.74, 6) is 1.81. The van der Waals surface area contributed by atoms with Gasteiger partial charge in [-0.3, -0.25) is 4.99 Å². The molecule has 0 aromatic heterocycles. The molecule has 0 saturated heterocycles. The van der Waals surface area contributed by atoms with E-state index in [2.05, 4.69) is 39.6 Å². The van der Waals surface area contributed by atoms with Gasteiger partial charge in [0.15, 0.2) is 5.96 Å². The zero-order chi connectivity index (χ0) is 14.4. The van der Waals surface area contributed by atoms with Crippen LogP contribution < -0.4 is 15.4 Å². The van der Waals surface area contributed by atoms with E-state index in [1.54, 1.807) is 0 Å². The maximum atomic E-state index is 5.67. The van der Waals surface area contributed by atoms with E-state index < -0.39 is 0 Å². The average molecular weight is 276 g/mol. The molecule has 1 atom stereocenters. The molecule has 1 aliphatic heterocycles. The molecule has 0 aliphatic carbocycles. The number of hydrogen-bond acceptors (Lipinski definition) is 5. The van der Waals surface area contributed by atoms with Gasteiger partial charge in [-0.15, -0.1) is 0 Å². The quantitative estimate of drug-likeness (QED) is 0.816. The number of rotatable bonds is 6. The number of guanidine groups is 1. The standard InChI is InChI=1S/C15H24N4O/c1-12-10-16-15(18-12)17-11-13-4-6-14(7-5-13)20-9-8-19(2)3/h4-7,12H,8-11H2,1-3H3,(H2,16,17,18). The molecule has 5 nitrogen and oxygen atoms in total. The zero-order valence-electron chi connectivity index (χ0n) is 12.5. The third kappa shape index (κ3) is 4.74.